The summed E-state index contributed by atoms with van der Waals surface area (Å²) < 4.78 is 12.2. The molecule has 0 saturated heterocycles. The molecule has 0 amide bonds. The molecule has 0 bridgehead atoms. The lowest BCUT2D eigenvalue weighted by Crippen LogP contribution is -2.06. The fraction of sp³-hybridized carbons (Fsp3) is 0.231. The summed E-state index contributed by atoms with van der Waals surface area (Å²) in [6, 6.07) is 24.8. The molecular formula is C26H26O4. The van der Waals surface area contributed by atoms with Crippen molar-refractivity contribution >= 4 is 21.5 Å². The molecule has 0 heterocycles. The van der Waals surface area contributed by atoms with Crippen LogP contribution in [0, 0.1) is 0 Å². The Morgan fingerprint density at radius 2 is 1.27 bits per heavy atom. The molecule has 0 fully saturated rings. The van der Waals surface area contributed by atoms with E-state index in [2.05, 4.69) is 42.5 Å². The van der Waals surface area contributed by atoms with Crippen molar-refractivity contribution in [3.63, 3.8) is 0 Å². The van der Waals surface area contributed by atoms with Gasteiger partial charge in [-0.1, -0.05) is 66.7 Å². The molecule has 0 aromatic heterocycles. The Hall–Kier alpha value is -3.08. The van der Waals surface area contributed by atoms with Crippen molar-refractivity contribution in [1.82, 2.24) is 0 Å². The van der Waals surface area contributed by atoms with E-state index in [4.69, 9.17) is 9.47 Å². The largest absolute Gasteiger partial charge is 0.490 e. The van der Waals surface area contributed by atoms with Crippen molar-refractivity contribution in [2.24, 2.45) is 0 Å². The van der Waals surface area contributed by atoms with Gasteiger partial charge in [-0.2, -0.15) is 0 Å². The molecule has 4 rings (SSSR count). The summed E-state index contributed by atoms with van der Waals surface area (Å²) >= 11 is 0. The Balaban J connectivity index is 1.98. The van der Waals surface area contributed by atoms with E-state index in [1.807, 2.05) is 30.3 Å². The number of hydrogen-bond acceptors (Lipinski definition) is 4. The molecule has 30 heavy (non-hydrogen) atoms. The molecule has 2 N–H and O–H groups in total. The molecule has 0 aliphatic rings. The summed E-state index contributed by atoms with van der Waals surface area (Å²) in [5.74, 6) is 1.33. The quantitative estimate of drug-likeness (QED) is 0.379. The van der Waals surface area contributed by atoms with E-state index in [-0.39, 0.29) is 13.2 Å². The second-order valence-electron chi connectivity index (χ2n) is 7.18. The first kappa shape index (κ1) is 20.2. The monoisotopic (exact) mass is 402 g/mol. The molecule has 0 atom stereocenters. The highest BCUT2D eigenvalue weighted by Gasteiger charge is 2.19. The molecule has 0 radical (unpaired) electrons. The van der Waals surface area contributed by atoms with Crippen LogP contribution >= 0.6 is 0 Å². The van der Waals surface area contributed by atoms with Crippen molar-refractivity contribution in [1.29, 1.82) is 0 Å². The lowest BCUT2D eigenvalue weighted by atomic mass is 9.92. The minimum Gasteiger partial charge on any atom is -0.490 e. The number of aliphatic hydroxyl groups excluding tert-OH is 2. The topological polar surface area (TPSA) is 58.9 Å². The maximum absolute atomic E-state index is 9.25. The predicted octanol–water partition coefficient (Wildman–Crippen LogP) is 5.18. The zero-order valence-electron chi connectivity index (χ0n) is 16.9. The van der Waals surface area contributed by atoms with Crippen molar-refractivity contribution in [3.8, 4) is 22.6 Å². The van der Waals surface area contributed by atoms with Crippen LogP contribution < -0.4 is 9.47 Å². The van der Waals surface area contributed by atoms with Crippen LogP contribution in [0.25, 0.3) is 32.7 Å². The van der Waals surface area contributed by atoms with E-state index in [1.165, 1.54) is 0 Å². The lowest BCUT2D eigenvalue weighted by Gasteiger charge is -2.20. The van der Waals surface area contributed by atoms with Gasteiger partial charge in [0.2, 0.25) is 0 Å². The Kier molecular flexibility index (Phi) is 6.47. The van der Waals surface area contributed by atoms with Crippen molar-refractivity contribution < 1.29 is 19.7 Å². The number of ether oxygens (including phenoxy) is 2. The molecule has 4 aromatic rings. The second-order valence-corrected chi connectivity index (χ2v) is 7.18. The van der Waals surface area contributed by atoms with Gasteiger partial charge in [-0.05, 0) is 33.2 Å². The number of aliphatic hydroxyl groups is 2. The summed E-state index contributed by atoms with van der Waals surface area (Å²) in [5.41, 5.74) is 2.07. The molecule has 4 nitrogen and oxygen atoms in total. The Morgan fingerprint density at radius 1 is 0.633 bits per heavy atom. The van der Waals surface area contributed by atoms with Crippen molar-refractivity contribution in [2.75, 3.05) is 26.4 Å². The normalized spacial score (nSPS) is 11.1. The van der Waals surface area contributed by atoms with Gasteiger partial charge in [0.15, 0.2) is 11.5 Å². The average molecular weight is 402 g/mol. The molecule has 154 valence electrons. The summed E-state index contributed by atoms with van der Waals surface area (Å²) in [6.45, 7) is 0.936. The van der Waals surface area contributed by atoms with E-state index in [0.717, 1.165) is 32.7 Å². The van der Waals surface area contributed by atoms with E-state index < -0.39 is 0 Å². The maximum atomic E-state index is 9.25. The third-order valence-electron chi connectivity index (χ3n) is 5.14. The predicted molar refractivity (Wildman–Crippen MR) is 121 cm³/mol. The Morgan fingerprint density at radius 3 is 2.03 bits per heavy atom. The minimum absolute atomic E-state index is 0.0673. The summed E-state index contributed by atoms with van der Waals surface area (Å²) in [5, 5.41) is 22.9. The molecule has 0 unspecified atom stereocenters. The maximum Gasteiger partial charge on any atom is 0.169 e. The number of hydrogen-bond donors (Lipinski definition) is 2. The molecular weight excluding hydrogens is 376 g/mol. The number of fused-ring (bicyclic) bond motifs is 2. The van der Waals surface area contributed by atoms with Gasteiger partial charge in [0.1, 0.15) is 0 Å². The standard InChI is InChI=1S/C26H26O4/c27-14-6-16-29-24-18-20-9-2-4-12-22(20)25(26(24)30-17-7-15-28)23-13-5-10-19-8-1-3-11-21(19)23/h1-5,8-13,18,27-28H,6-7,14-17H2. The highest BCUT2D eigenvalue weighted by Crippen LogP contribution is 2.46. The molecule has 0 spiro atoms. The van der Waals surface area contributed by atoms with Gasteiger partial charge < -0.3 is 19.7 Å². The van der Waals surface area contributed by atoms with E-state index in [1.54, 1.807) is 0 Å². The summed E-state index contributed by atoms with van der Waals surface area (Å²) in [7, 11) is 0. The Bertz CT molecular complexity index is 1130. The zero-order valence-corrected chi connectivity index (χ0v) is 16.9. The van der Waals surface area contributed by atoms with Gasteiger partial charge in [0.25, 0.3) is 0 Å². The van der Waals surface area contributed by atoms with Gasteiger partial charge >= 0.3 is 0 Å². The van der Waals surface area contributed by atoms with Crippen molar-refractivity contribution in [2.45, 2.75) is 12.8 Å². The van der Waals surface area contributed by atoms with Crippen LogP contribution in [0.1, 0.15) is 12.8 Å². The SMILES string of the molecule is OCCCOc1cc2ccccc2c(-c2cccc3ccccc23)c1OCCCO. The van der Waals surface area contributed by atoms with Crippen LogP contribution in [-0.4, -0.2) is 36.6 Å². The molecule has 0 saturated carbocycles. The van der Waals surface area contributed by atoms with E-state index in [0.29, 0.717) is 37.6 Å². The highest BCUT2D eigenvalue weighted by atomic mass is 16.5. The number of rotatable bonds is 9. The minimum atomic E-state index is 0.0673. The van der Waals surface area contributed by atoms with Gasteiger partial charge in [0, 0.05) is 31.6 Å². The van der Waals surface area contributed by atoms with E-state index >= 15 is 0 Å². The van der Waals surface area contributed by atoms with Gasteiger partial charge in [0.05, 0.1) is 13.2 Å². The van der Waals surface area contributed by atoms with Crippen LogP contribution in [0.3, 0.4) is 0 Å². The Labute approximate surface area is 176 Å². The molecule has 4 heteroatoms. The van der Waals surface area contributed by atoms with Crippen molar-refractivity contribution in [3.05, 3.63) is 72.8 Å². The zero-order chi connectivity index (χ0) is 20.8. The van der Waals surface area contributed by atoms with E-state index in [9.17, 15) is 10.2 Å². The second kappa shape index (κ2) is 9.61. The molecule has 0 aliphatic heterocycles. The first-order valence-corrected chi connectivity index (χ1v) is 10.3. The van der Waals surface area contributed by atoms with Gasteiger partial charge in [-0.25, -0.2) is 0 Å². The first-order chi connectivity index (χ1) is 14.8. The van der Waals surface area contributed by atoms with Crippen LogP contribution in [-0.2, 0) is 0 Å². The van der Waals surface area contributed by atoms with Gasteiger partial charge in [-0.15, -0.1) is 0 Å². The smallest absolute Gasteiger partial charge is 0.169 e. The molecule has 0 aliphatic carbocycles. The fourth-order valence-corrected chi connectivity index (χ4v) is 3.75. The lowest BCUT2D eigenvalue weighted by molar-refractivity contribution is 0.212. The highest BCUT2D eigenvalue weighted by molar-refractivity contribution is 6.08. The van der Waals surface area contributed by atoms with Crippen LogP contribution in [0.5, 0.6) is 11.5 Å². The molecule has 4 aromatic carbocycles. The summed E-state index contributed by atoms with van der Waals surface area (Å²) in [6.07, 6.45) is 1.09. The number of benzene rings is 4. The van der Waals surface area contributed by atoms with Gasteiger partial charge in [-0.3, -0.25) is 0 Å². The summed E-state index contributed by atoms with van der Waals surface area (Å²) in [4.78, 5) is 0. The third-order valence-corrected chi connectivity index (χ3v) is 5.14. The first-order valence-electron chi connectivity index (χ1n) is 10.3. The van der Waals surface area contributed by atoms with Crippen LogP contribution in [0.15, 0.2) is 72.8 Å². The average Bonchev–Trinajstić information content (AvgIpc) is 2.79. The van der Waals surface area contributed by atoms with Crippen LogP contribution in [0.4, 0.5) is 0 Å². The third kappa shape index (κ3) is 4.11. The fourth-order valence-electron chi connectivity index (χ4n) is 3.75. The van der Waals surface area contributed by atoms with Crippen LogP contribution in [0.2, 0.25) is 0 Å².